The van der Waals surface area contributed by atoms with Crippen LogP contribution in [0.25, 0.3) is 0 Å². The van der Waals surface area contributed by atoms with Crippen LogP contribution in [-0.2, 0) is 23.9 Å². The number of Topliss-reactive ketones (excluding diaryl/α,β-unsaturated/α-hetero) is 1. The predicted octanol–water partition coefficient (Wildman–Crippen LogP) is 1.36. The zero-order valence-electron chi connectivity index (χ0n) is 21.4. The average Bonchev–Trinajstić information content (AvgIpc) is 3.26. The molecular weight excluding hydrogens is 507 g/mol. The summed E-state index contributed by atoms with van der Waals surface area (Å²) in [6.07, 6.45) is -5.76. The van der Waals surface area contributed by atoms with Crippen LogP contribution in [0.1, 0.15) is 40.5 Å². The average molecular weight is 543 g/mol. The second-order valence-electron chi connectivity index (χ2n) is 10.1. The monoisotopic (exact) mass is 542 g/mol. The van der Waals surface area contributed by atoms with Gasteiger partial charge in [0.15, 0.2) is 0 Å². The van der Waals surface area contributed by atoms with Crippen molar-refractivity contribution in [2.24, 2.45) is 11.8 Å². The number of likely N-dealkylation sites (tertiary alicyclic amines) is 1. The fraction of sp³-hybridized carbons (Fsp3) is 0.826. The highest BCUT2D eigenvalue weighted by atomic mass is 19.4. The number of rotatable bonds is 10. The van der Waals surface area contributed by atoms with Crippen LogP contribution >= 0.6 is 0 Å². The van der Waals surface area contributed by atoms with Gasteiger partial charge in [-0.15, -0.1) is 0 Å². The quantitative estimate of drug-likeness (QED) is 0.402. The maximum atomic E-state index is 13.9. The minimum atomic E-state index is -6.07. The van der Waals surface area contributed by atoms with Crippen molar-refractivity contribution < 1.29 is 45.9 Å². The smallest absolute Gasteiger partial charge is 0.379 e. The first-order valence-electron chi connectivity index (χ1n) is 12.3. The number of nitrogens with zero attached hydrogens (tertiary/aromatic N) is 2. The van der Waals surface area contributed by atoms with Crippen molar-refractivity contribution in [3.63, 3.8) is 0 Å². The molecule has 0 radical (unpaired) electrons. The van der Waals surface area contributed by atoms with Gasteiger partial charge in [-0.25, -0.2) is 0 Å². The summed E-state index contributed by atoms with van der Waals surface area (Å²) in [5, 5.41) is 4.74. The number of carbonyl (C=O) groups excluding carboxylic acids is 4. The molecule has 3 amide bonds. The fourth-order valence-corrected chi connectivity index (χ4v) is 4.56. The van der Waals surface area contributed by atoms with E-state index < -0.39 is 65.6 Å². The molecule has 2 rings (SSSR count). The summed E-state index contributed by atoms with van der Waals surface area (Å²) >= 11 is 0. The molecular formula is C23H35F5N4O5. The molecule has 1 unspecified atom stereocenters. The molecule has 2 heterocycles. The van der Waals surface area contributed by atoms with Gasteiger partial charge in [-0.3, -0.25) is 34.3 Å². The molecule has 2 aliphatic heterocycles. The summed E-state index contributed by atoms with van der Waals surface area (Å²) < 4.78 is 71.7. The van der Waals surface area contributed by atoms with Crippen LogP contribution in [0.4, 0.5) is 22.0 Å². The number of carbonyl (C=O) groups is 4. The molecule has 0 aromatic carbocycles. The van der Waals surface area contributed by atoms with E-state index in [0.29, 0.717) is 26.3 Å². The Balaban J connectivity index is 2.11. The van der Waals surface area contributed by atoms with E-state index in [1.54, 1.807) is 13.8 Å². The lowest BCUT2D eigenvalue weighted by Gasteiger charge is -2.36. The minimum absolute atomic E-state index is 0.0236. The third-order valence-electron chi connectivity index (χ3n) is 6.50. The first-order valence-corrected chi connectivity index (χ1v) is 12.3. The van der Waals surface area contributed by atoms with Crippen LogP contribution in [0, 0.1) is 11.8 Å². The van der Waals surface area contributed by atoms with Gasteiger partial charge in [-0.2, -0.15) is 22.0 Å². The molecule has 0 aromatic heterocycles. The van der Waals surface area contributed by atoms with Crippen LogP contribution in [-0.4, -0.2) is 103 Å². The highest BCUT2D eigenvalue weighted by molar-refractivity contribution is 6.02. The number of hydrogen-bond acceptors (Lipinski definition) is 7. The standard InChI is InChI=1S/C23H35F5N4O5/c1-13(2)17(29-16(33)12-31-8-10-37-11-9-31)21(36)30-20(35)15-6-5-7-32(15)18(14(3)4)19(34)22(24,25)23(26,27)28/h13-15,17-18H,5-12H2,1-4H3,(H,29,33)(H,30,35,36)/t15-,17-,18?/m0/s1. The molecule has 212 valence electrons. The lowest BCUT2D eigenvalue weighted by molar-refractivity contribution is -0.271. The summed E-state index contributed by atoms with van der Waals surface area (Å²) in [6, 6.07) is -4.25. The van der Waals surface area contributed by atoms with Gasteiger partial charge in [0.2, 0.25) is 23.5 Å². The molecule has 2 saturated heterocycles. The number of alkyl halides is 5. The zero-order valence-corrected chi connectivity index (χ0v) is 21.4. The summed E-state index contributed by atoms with van der Waals surface area (Å²) in [5.74, 6) is -11.5. The number of halogens is 5. The van der Waals surface area contributed by atoms with Crippen molar-refractivity contribution in [1.82, 2.24) is 20.4 Å². The van der Waals surface area contributed by atoms with Gasteiger partial charge in [0, 0.05) is 13.1 Å². The second-order valence-corrected chi connectivity index (χ2v) is 10.1. The third kappa shape index (κ3) is 7.66. The summed E-state index contributed by atoms with van der Waals surface area (Å²) in [6.45, 7) is 7.92. The number of nitrogens with one attached hydrogen (secondary N) is 2. The van der Waals surface area contributed by atoms with Gasteiger partial charge in [0.25, 0.3) is 0 Å². The van der Waals surface area contributed by atoms with Gasteiger partial charge >= 0.3 is 12.1 Å². The second kappa shape index (κ2) is 12.6. The summed E-state index contributed by atoms with van der Waals surface area (Å²) in [5.41, 5.74) is 0. The molecule has 0 spiro atoms. The van der Waals surface area contributed by atoms with Crippen LogP contribution < -0.4 is 10.6 Å². The van der Waals surface area contributed by atoms with E-state index in [-0.39, 0.29) is 25.9 Å². The Bertz CT molecular complexity index is 846. The fourth-order valence-electron chi connectivity index (χ4n) is 4.56. The SMILES string of the molecule is CC(C)C(C(=O)C(F)(F)C(F)(F)F)N1CCC[C@H]1C(=O)NC(=O)[C@@H](NC(=O)CN1CCOCC1)C(C)C. The predicted molar refractivity (Wildman–Crippen MR) is 122 cm³/mol. The van der Waals surface area contributed by atoms with Crippen LogP contribution in [0.5, 0.6) is 0 Å². The molecule has 37 heavy (non-hydrogen) atoms. The Morgan fingerprint density at radius 3 is 2.05 bits per heavy atom. The van der Waals surface area contributed by atoms with Crippen molar-refractivity contribution in [2.75, 3.05) is 39.4 Å². The number of imide groups is 1. The van der Waals surface area contributed by atoms with Gasteiger partial charge in [-0.1, -0.05) is 27.7 Å². The summed E-state index contributed by atoms with van der Waals surface area (Å²) in [4.78, 5) is 53.5. The molecule has 2 fully saturated rings. The summed E-state index contributed by atoms with van der Waals surface area (Å²) in [7, 11) is 0. The van der Waals surface area contributed by atoms with Gasteiger partial charge in [0.05, 0.1) is 31.8 Å². The van der Waals surface area contributed by atoms with Crippen molar-refractivity contribution in [3.8, 4) is 0 Å². The molecule has 0 aliphatic carbocycles. The lowest BCUT2D eigenvalue weighted by atomic mass is 9.93. The van der Waals surface area contributed by atoms with E-state index >= 15 is 0 Å². The Morgan fingerprint density at radius 1 is 0.946 bits per heavy atom. The molecule has 0 bridgehead atoms. The van der Waals surface area contributed by atoms with Gasteiger partial charge < -0.3 is 10.1 Å². The molecule has 2 N–H and O–H groups in total. The Morgan fingerprint density at radius 2 is 1.54 bits per heavy atom. The maximum Gasteiger partial charge on any atom is 0.461 e. The molecule has 3 atom stereocenters. The van der Waals surface area contributed by atoms with E-state index in [2.05, 4.69) is 10.6 Å². The number of morpholine rings is 1. The van der Waals surface area contributed by atoms with Crippen molar-refractivity contribution >= 4 is 23.5 Å². The number of ether oxygens (including phenoxy) is 1. The normalized spacial score (nSPS) is 21.6. The third-order valence-corrected chi connectivity index (χ3v) is 6.50. The van der Waals surface area contributed by atoms with Crippen LogP contribution in [0.15, 0.2) is 0 Å². The number of hydrogen-bond donors (Lipinski definition) is 2. The Labute approximate surface area is 212 Å². The van der Waals surface area contributed by atoms with Gasteiger partial charge in [0.1, 0.15) is 6.04 Å². The minimum Gasteiger partial charge on any atom is -0.379 e. The van der Waals surface area contributed by atoms with E-state index in [1.807, 2.05) is 4.90 Å². The topological polar surface area (TPSA) is 108 Å². The molecule has 0 aromatic rings. The molecule has 14 heteroatoms. The molecule has 9 nitrogen and oxygen atoms in total. The Hall–Kier alpha value is -2.19. The highest BCUT2D eigenvalue weighted by Gasteiger charge is 2.65. The van der Waals surface area contributed by atoms with Gasteiger partial charge in [-0.05, 0) is 31.2 Å². The van der Waals surface area contributed by atoms with Crippen molar-refractivity contribution in [3.05, 3.63) is 0 Å². The Kier molecular flexibility index (Phi) is 10.5. The largest absolute Gasteiger partial charge is 0.461 e. The van der Waals surface area contributed by atoms with E-state index in [4.69, 9.17) is 4.74 Å². The highest BCUT2D eigenvalue weighted by Crippen LogP contribution is 2.39. The number of ketones is 1. The number of amides is 3. The first-order chi connectivity index (χ1) is 17.1. The first kappa shape index (κ1) is 31.0. The van der Waals surface area contributed by atoms with Crippen LogP contribution in [0.2, 0.25) is 0 Å². The maximum absolute atomic E-state index is 13.9. The van der Waals surface area contributed by atoms with Crippen molar-refractivity contribution in [2.45, 2.75) is 70.8 Å². The zero-order chi connectivity index (χ0) is 28.1. The molecule has 0 saturated carbocycles. The van der Waals surface area contributed by atoms with Crippen molar-refractivity contribution in [1.29, 1.82) is 0 Å². The van der Waals surface area contributed by atoms with Crippen LogP contribution in [0.3, 0.4) is 0 Å². The lowest BCUT2D eigenvalue weighted by Crippen LogP contribution is -2.60. The molecule has 2 aliphatic rings. The van der Waals surface area contributed by atoms with E-state index in [1.165, 1.54) is 13.8 Å². The van der Waals surface area contributed by atoms with E-state index in [0.717, 1.165) is 4.90 Å². The van der Waals surface area contributed by atoms with E-state index in [9.17, 15) is 41.1 Å².